The second kappa shape index (κ2) is 5.42. The zero-order valence-electron chi connectivity index (χ0n) is 9.49. The SMILES string of the molecule is Nc1ccc(C(=O)Cc2cccc(Cl)c2)cc1Cl. The van der Waals surface area contributed by atoms with Gasteiger partial charge in [-0.3, -0.25) is 4.79 Å². The molecule has 92 valence electrons. The molecule has 0 saturated carbocycles. The Morgan fingerprint density at radius 3 is 2.56 bits per heavy atom. The fourth-order valence-corrected chi connectivity index (χ4v) is 2.03. The van der Waals surface area contributed by atoms with Crippen LogP contribution in [0.25, 0.3) is 0 Å². The normalized spacial score (nSPS) is 10.3. The van der Waals surface area contributed by atoms with Gasteiger partial charge in [-0.05, 0) is 35.9 Å². The summed E-state index contributed by atoms with van der Waals surface area (Å²) < 4.78 is 0. The van der Waals surface area contributed by atoms with Crippen molar-refractivity contribution in [2.75, 3.05) is 5.73 Å². The van der Waals surface area contributed by atoms with Crippen molar-refractivity contribution in [3.05, 3.63) is 63.6 Å². The molecule has 0 saturated heterocycles. The Labute approximate surface area is 115 Å². The van der Waals surface area contributed by atoms with Gasteiger partial charge in [-0.25, -0.2) is 0 Å². The molecular weight excluding hydrogens is 269 g/mol. The number of rotatable bonds is 3. The fourth-order valence-electron chi connectivity index (χ4n) is 1.63. The van der Waals surface area contributed by atoms with Crippen molar-refractivity contribution in [3.8, 4) is 0 Å². The van der Waals surface area contributed by atoms with Gasteiger partial charge in [0.05, 0.1) is 10.7 Å². The van der Waals surface area contributed by atoms with Crippen LogP contribution in [-0.4, -0.2) is 5.78 Å². The first kappa shape index (κ1) is 12.9. The van der Waals surface area contributed by atoms with Crippen molar-refractivity contribution < 1.29 is 4.79 Å². The molecule has 0 atom stereocenters. The van der Waals surface area contributed by atoms with Crippen LogP contribution < -0.4 is 5.73 Å². The van der Waals surface area contributed by atoms with E-state index in [0.29, 0.717) is 27.7 Å². The first-order valence-corrected chi connectivity index (χ1v) is 6.14. The van der Waals surface area contributed by atoms with Gasteiger partial charge < -0.3 is 5.73 Å². The quantitative estimate of drug-likeness (QED) is 0.682. The molecule has 0 spiro atoms. The number of hydrogen-bond donors (Lipinski definition) is 1. The molecule has 0 aliphatic carbocycles. The van der Waals surface area contributed by atoms with Crippen LogP contribution in [-0.2, 0) is 6.42 Å². The smallest absolute Gasteiger partial charge is 0.167 e. The van der Waals surface area contributed by atoms with Crippen molar-refractivity contribution in [1.29, 1.82) is 0 Å². The number of Topliss-reactive ketones (excluding diaryl/α,β-unsaturated/α-hetero) is 1. The average molecular weight is 280 g/mol. The lowest BCUT2D eigenvalue weighted by atomic mass is 10.0. The highest BCUT2D eigenvalue weighted by Crippen LogP contribution is 2.21. The molecule has 2 aromatic rings. The van der Waals surface area contributed by atoms with Crippen LogP contribution in [0.5, 0.6) is 0 Å². The van der Waals surface area contributed by atoms with Crippen molar-refractivity contribution >= 4 is 34.7 Å². The van der Waals surface area contributed by atoms with Gasteiger partial charge in [-0.15, -0.1) is 0 Å². The summed E-state index contributed by atoms with van der Waals surface area (Å²) in [5.74, 6) is -0.0147. The predicted molar refractivity (Wildman–Crippen MR) is 75.4 cm³/mol. The first-order valence-electron chi connectivity index (χ1n) is 5.39. The third kappa shape index (κ3) is 3.03. The van der Waals surface area contributed by atoms with E-state index in [1.165, 1.54) is 0 Å². The second-order valence-corrected chi connectivity index (χ2v) is 4.81. The number of nitrogen functional groups attached to an aromatic ring is 1. The summed E-state index contributed by atoms with van der Waals surface area (Å²) in [6.45, 7) is 0. The van der Waals surface area contributed by atoms with Crippen LogP contribution in [0.3, 0.4) is 0 Å². The molecule has 4 heteroatoms. The lowest BCUT2D eigenvalue weighted by molar-refractivity contribution is 0.0993. The minimum atomic E-state index is -0.0147. The minimum absolute atomic E-state index is 0.0147. The summed E-state index contributed by atoms with van der Waals surface area (Å²) in [4.78, 5) is 12.0. The lowest BCUT2D eigenvalue weighted by Crippen LogP contribution is -2.04. The summed E-state index contributed by atoms with van der Waals surface area (Å²) in [7, 11) is 0. The maximum Gasteiger partial charge on any atom is 0.167 e. The van der Waals surface area contributed by atoms with Crippen LogP contribution in [0.1, 0.15) is 15.9 Å². The molecule has 0 fully saturated rings. The van der Waals surface area contributed by atoms with Gasteiger partial charge in [0.2, 0.25) is 0 Å². The number of halogens is 2. The fraction of sp³-hybridized carbons (Fsp3) is 0.0714. The predicted octanol–water partition coefficient (Wildman–Crippen LogP) is 4.00. The van der Waals surface area contributed by atoms with Gasteiger partial charge in [-0.1, -0.05) is 35.3 Å². The van der Waals surface area contributed by atoms with E-state index in [1.807, 2.05) is 12.1 Å². The van der Waals surface area contributed by atoms with Crippen molar-refractivity contribution in [2.24, 2.45) is 0 Å². The van der Waals surface area contributed by atoms with E-state index < -0.39 is 0 Å². The van der Waals surface area contributed by atoms with Gasteiger partial charge in [0.25, 0.3) is 0 Å². The summed E-state index contributed by atoms with van der Waals surface area (Å²) >= 11 is 11.8. The van der Waals surface area contributed by atoms with Gasteiger partial charge in [-0.2, -0.15) is 0 Å². The molecule has 0 aliphatic rings. The summed E-state index contributed by atoms with van der Waals surface area (Å²) in [6.07, 6.45) is 0.292. The molecule has 2 N–H and O–H groups in total. The molecule has 0 aromatic heterocycles. The van der Waals surface area contributed by atoms with Crippen LogP contribution in [0.4, 0.5) is 5.69 Å². The van der Waals surface area contributed by atoms with E-state index in [1.54, 1.807) is 30.3 Å². The molecule has 2 rings (SSSR count). The molecule has 0 heterocycles. The zero-order chi connectivity index (χ0) is 13.1. The maximum atomic E-state index is 12.0. The molecular formula is C14H11Cl2NO. The highest BCUT2D eigenvalue weighted by Gasteiger charge is 2.09. The number of carbonyl (C=O) groups is 1. The Balaban J connectivity index is 2.19. The van der Waals surface area contributed by atoms with Crippen molar-refractivity contribution in [1.82, 2.24) is 0 Å². The Morgan fingerprint density at radius 1 is 1.11 bits per heavy atom. The summed E-state index contributed by atoms with van der Waals surface area (Å²) in [6, 6.07) is 12.1. The van der Waals surface area contributed by atoms with Crippen LogP contribution in [0, 0.1) is 0 Å². The Bertz CT molecular complexity index is 596. The summed E-state index contributed by atoms with van der Waals surface area (Å²) in [5, 5.41) is 1.02. The standard InChI is InChI=1S/C14H11Cl2NO/c15-11-3-1-2-9(6-11)7-14(18)10-4-5-13(17)12(16)8-10/h1-6,8H,7,17H2. The molecule has 0 bridgehead atoms. The minimum Gasteiger partial charge on any atom is -0.398 e. The van der Waals surface area contributed by atoms with Crippen molar-refractivity contribution in [3.63, 3.8) is 0 Å². The number of anilines is 1. The highest BCUT2D eigenvalue weighted by molar-refractivity contribution is 6.33. The van der Waals surface area contributed by atoms with Crippen molar-refractivity contribution in [2.45, 2.75) is 6.42 Å². The van der Waals surface area contributed by atoms with Crippen LogP contribution in [0.15, 0.2) is 42.5 Å². The first-order chi connectivity index (χ1) is 8.56. The average Bonchev–Trinajstić information content (AvgIpc) is 2.32. The Morgan fingerprint density at radius 2 is 1.89 bits per heavy atom. The number of nitrogens with two attached hydrogens (primary N) is 1. The molecule has 0 amide bonds. The molecule has 0 unspecified atom stereocenters. The molecule has 0 radical (unpaired) electrons. The van der Waals surface area contributed by atoms with E-state index in [-0.39, 0.29) is 5.78 Å². The lowest BCUT2D eigenvalue weighted by Gasteiger charge is -2.04. The third-order valence-corrected chi connectivity index (χ3v) is 3.14. The van der Waals surface area contributed by atoms with Crippen LogP contribution in [0.2, 0.25) is 10.0 Å². The van der Waals surface area contributed by atoms with Crippen LogP contribution >= 0.6 is 23.2 Å². The highest BCUT2D eigenvalue weighted by atomic mass is 35.5. The molecule has 2 aromatic carbocycles. The topological polar surface area (TPSA) is 43.1 Å². The number of carbonyl (C=O) groups excluding carboxylic acids is 1. The second-order valence-electron chi connectivity index (χ2n) is 3.97. The number of ketones is 1. The molecule has 2 nitrogen and oxygen atoms in total. The Kier molecular flexibility index (Phi) is 3.90. The largest absolute Gasteiger partial charge is 0.398 e. The third-order valence-electron chi connectivity index (χ3n) is 2.58. The summed E-state index contributed by atoms with van der Waals surface area (Å²) in [5.41, 5.74) is 7.49. The number of benzene rings is 2. The number of hydrogen-bond acceptors (Lipinski definition) is 2. The Hall–Kier alpha value is -1.51. The van der Waals surface area contributed by atoms with E-state index in [0.717, 1.165) is 5.56 Å². The van der Waals surface area contributed by atoms with Gasteiger partial charge >= 0.3 is 0 Å². The van der Waals surface area contributed by atoms with E-state index in [9.17, 15) is 4.79 Å². The van der Waals surface area contributed by atoms with E-state index in [4.69, 9.17) is 28.9 Å². The van der Waals surface area contributed by atoms with E-state index >= 15 is 0 Å². The maximum absolute atomic E-state index is 12.0. The zero-order valence-corrected chi connectivity index (χ0v) is 11.0. The van der Waals surface area contributed by atoms with Gasteiger partial charge in [0.1, 0.15) is 0 Å². The van der Waals surface area contributed by atoms with Gasteiger partial charge in [0.15, 0.2) is 5.78 Å². The molecule has 18 heavy (non-hydrogen) atoms. The van der Waals surface area contributed by atoms with Gasteiger partial charge in [0, 0.05) is 17.0 Å². The monoisotopic (exact) mass is 279 g/mol. The van der Waals surface area contributed by atoms with E-state index in [2.05, 4.69) is 0 Å². The molecule has 0 aliphatic heterocycles.